The second-order valence-electron chi connectivity index (χ2n) is 5.17. The van der Waals surface area contributed by atoms with E-state index in [1.54, 1.807) is 0 Å². The van der Waals surface area contributed by atoms with Crippen LogP contribution < -0.4 is 5.32 Å². The summed E-state index contributed by atoms with van der Waals surface area (Å²) in [4.78, 5) is 2.59. The molecule has 1 heterocycles. The molecule has 1 aliphatic heterocycles. The lowest BCUT2D eigenvalue weighted by Crippen LogP contribution is -2.30. The first-order chi connectivity index (χ1) is 8.75. The summed E-state index contributed by atoms with van der Waals surface area (Å²) in [6.07, 6.45) is 5.56. The van der Waals surface area contributed by atoms with Crippen LogP contribution in [0.25, 0.3) is 0 Å². The Morgan fingerprint density at radius 2 is 1.89 bits per heavy atom. The minimum Gasteiger partial charge on any atom is -0.383 e. The zero-order chi connectivity index (χ0) is 12.8. The summed E-state index contributed by atoms with van der Waals surface area (Å²) in [5.41, 5.74) is 2.50. The summed E-state index contributed by atoms with van der Waals surface area (Å²) < 4.78 is 1.17. The molecular formula is C15H23BrN2. The Labute approximate surface area is 119 Å². The van der Waals surface area contributed by atoms with Crippen molar-refractivity contribution in [3.8, 4) is 0 Å². The average molecular weight is 311 g/mol. The molecule has 0 amide bonds. The molecule has 1 fully saturated rings. The van der Waals surface area contributed by atoms with Crippen molar-refractivity contribution in [2.45, 2.75) is 32.6 Å². The van der Waals surface area contributed by atoms with Crippen molar-refractivity contribution in [1.82, 2.24) is 4.90 Å². The van der Waals surface area contributed by atoms with E-state index < -0.39 is 0 Å². The Kier molecular flexibility index (Phi) is 5.51. The summed E-state index contributed by atoms with van der Waals surface area (Å²) in [6, 6.07) is 6.47. The molecule has 2 rings (SSSR count). The highest BCUT2D eigenvalue weighted by Crippen LogP contribution is 2.23. The smallest absolute Gasteiger partial charge is 0.0485 e. The van der Waals surface area contributed by atoms with Crippen molar-refractivity contribution in [2.75, 3.05) is 31.5 Å². The number of rotatable bonds is 4. The van der Waals surface area contributed by atoms with E-state index in [1.807, 2.05) is 0 Å². The number of nitrogens with zero attached hydrogens (tertiary/aromatic N) is 1. The lowest BCUT2D eigenvalue weighted by atomic mass is 10.2. The Hall–Kier alpha value is -0.540. The van der Waals surface area contributed by atoms with Gasteiger partial charge in [-0.2, -0.15) is 0 Å². The number of benzene rings is 1. The van der Waals surface area contributed by atoms with Crippen molar-refractivity contribution in [3.05, 3.63) is 28.2 Å². The Balaban J connectivity index is 1.77. The number of aryl methyl sites for hydroxylation is 1. The molecule has 1 aliphatic rings. The average Bonchev–Trinajstić information content (AvgIpc) is 2.60. The number of hydrogen-bond donors (Lipinski definition) is 1. The van der Waals surface area contributed by atoms with Gasteiger partial charge in [-0.25, -0.2) is 0 Å². The fourth-order valence-corrected chi connectivity index (χ4v) is 3.11. The fourth-order valence-electron chi connectivity index (χ4n) is 2.47. The Bertz CT molecular complexity index is 371. The summed E-state index contributed by atoms with van der Waals surface area (Å²) in [6.45, 7) is 6.85. The van der Waals surface area contributed by atoms with Gasteiger partial charge in [-0.1, -0.05) is 18.9 Å². The Morgan fingerprint density at radius 3 is 2.56 bits per heavy atom. The maximum atomic E-state index is 3.61. The van der Waals surface area contributed by atoms with Gasteiger partial charge in [0.15, 0.2) is 0 Å². The third-order valence-corrected chi connectivity index (χ3v) is 4.22. The lowest BCUT2D eigenvalue weighted by molar-refractivity contribution is 0.296. The van der Waals surface area contributed by atoms with Crippen LogP contribution in [0.2, 0.25) is 0 Å². The molecule has 100 valence electrons. The molecule has 0 radical (unpaired) electrons. The maximum absolute atomic E-state index is 3.61. The molecular weight excluding hydrogens is 288 g/mol. The zero-order valence-electron chi connectivity index (χ0n) is 11.2. The summed E-state index contributed by atoms with van der Waals surface area (Å²) in [5.74, 6) is 0. The van der Waals surface area contributed by atoms with Gasteiger partial charge >= 0.3 is 0 Å². The minimum absolute atomic E-state index is 1.03. The molecule has 0 aromatic heterocycles. The van der Waals surface area contributed by atoms with Crippen molar-refractivity contribution in [3.63, 3.8) is 0 Å². The molecule has 0 bridgehead atoms. The predicted molar refractivity (Wildman–Crippen MR) is 82.3 cm³/mol. The highest BCUT2D eigenvalue weighted by atomic mass is 79.9. The van der Waals surface area contributed by atoms with E-state index in [4.69, 9.17) is 0 Å². The topological polar surface area (TPSA) is 15.3 Å². The van der Waals surface area contributed by atoms with E-state index in [-0.39, 0.29) is 0 Å². The van der Waals surface area contributed by atoms with Crippen LogP contribution in [0.5, 0.6) is 0 Å². The standard InChI is InChI=1S/C15H23BrN2/c1-13-6-7-15(14(16)12-13)17-8-11-18-9-4-2-3-5-10-18/h6-7,12,17H,2-5,8-11H2,1H3. The van der Waals surface area contributed by atoms with E-state index in [0.717, 1.165) is 13.1 Å². The third kappa shape index (κ3) is 4.29. The molecule has 1 aromatic carbocycles. The highest BCUT2D eigenvalue weighted by molar-refractivity contribution is 9.10. The van der Waals surface area contributed by atoms with Crippen molar-refractivity contribution in [2.24, 2.45) is 0 Å². The molecule has 0 saturated carbocycles. The van der Waals surface area contributed by atoms with Gasteiger partial charge < -0.3 is 10.2 Å². The quantitative estimate of drug-likeness (QED) is 0.902. The van der Waals surface area contributed by atoms with Gasteiger partial charge in [0, 0.05) is 23.2 Å². The monoisotopic (exact) mass is 310 g/mol. The maximum Gasteiger partial charge on any atom is 0.0485 e. The van der Waals surface area contributed by atoms with Gasteiger partial charge in [-0.15, -0.1) is 0 Å². The number of nitrogens with one attached hydrogen (secondary N) is 1. The van der Waals surface area contributed by atoms with Gasteiger partial charge in [-0.05, 0) is 66.5 Å². The lowest BCUT2D eigenvalue weighted by Gasteiger charge is -2.20. The number of likely N-dealkylation sites (tertiary alicyclic amines) is 1. The van der Waals surface area contributed by atoms with Crippen molar-refractivity contribution < 1.29 is 0 Å². The first kappa shape index (κ1) is 13.9. The third-order valence-electron chi connectivity index (χ3n) is 3.57. The summed E-state index contributed by atoms with van der Waals surface area (Å²) in [7, 11) is 0. The van der Waals surface area contributed by atoms with Crippen molar-refractivity contribution >= 4 is 21.6 Å². The van der Waals surface area contributed by atoms with Gasteiger partial charge in [0.1, 0.15) is 0 Å². The molecule has 0 atom stereocenters. The van der Waals surface area contributed by atoms with Crippen LogP contribution in [0.3, 0.4) is 0 Å². The predicted octanol–water partition coefficient (Wildman–Crippen LogP) is 4.05. The van der Waals surface area contributed by atoms with Crippen LogP contribution in [0.15, 0.2) is 22.7 Å². The molecule has 18 heavy (non-hydrogen) atoms. The van der Waals surface area contributed by atoms with E-state index in [2.05, 4.69) is 51.3 Å². The normalized spacial score (nSPS) is 17.4. The van der Waals surface area contributed by atoms with Gasteiger partial charge in [0.05, 0.1) is 0 Å². The number of hydrogen-bond acceptors (Lipinski definition) is 2. The fraction of sp³-hybridized carbons (Fsp3) is 0.600. The first-order valence-electron chi connectivity index (χ1n) is 6.98. The Morgan fingerprint density at radius 1 is 1.17 bits per heavy atom. The van der Waals surface area contributed by atoms with Crippen LogP contribution >= 0.6 is 15.9 Å². The molecule has 1 N–H and O–H groups in total. The highest BCUT2D eigenvalue weighted by Gasteiger charge is 2.08. The number of halogens is 1. The van der Waals surface area contributed by atoms with Gasteiger partial charge in [-0.3, -0.25) is 0 Å². The van der Waals surface area contributed by atoms with E-state index >= 15 is 0 Å². The summed E-state index contributed by atoms with van der Waals surface area (Å²) in [5, 5.41) is 3.52. The van der Waals surface area contributed by atoms with Crippen LogP contribution in [0.1, 0.15) is 31.2 Å². The van der Waals surface area contributed by atoms with Crippen LogP contribution in [-0.2, 0) is 0 Å². The zero-order valence-corrected chi connectivity index (χ0v) is 12.8. The van der Waals surface area contributed by atoms with Crippen LogP contribution in [-0.4, -0.2) is 31.1 Å². The summed E-state index contributed by atoms with van der Waals surface area (Å²) >= 11 is 3.61. The van der Waals surface area contributed by atoms with Crippen molar-refractivity contribution in [1.29, 1.82) is 0 Å². The molecule has 2 nitrogen and oxygen atoms in total. The minimum atomic E-state index is 1.03. The van der Waals surface area contributed by atoms with Gasteiger partial charge in [0.2, 0.25) is 0 Å². The van der Waals surface area contributed by atoms with Crippen LogP contribution in [0, 0.1) is 6.92 Å². The molecule has 1 saturated heterocycles. The molecule has 3 heteroatoms. The second-order valence-corrected chi connectivity index (χ2v) is 6.02. The van der Waals surface area contributed by atoms with E-state index in [0.29, 0.717) is 0 Å². The van der Waals surface area contributed by atoms with E-state index in [9.17, 15) is 0 Å². The van der Waals surface area contributed by atoms with Gasteiger partial charge in [0.25, 0.3) is 0 Å². The second kappa shape index (κ2) is 7.15. The molecule has 0 aliphatic carbocycles. The SMILES string of the molecule is Cc1ccc(NCCN2CCCCCC2)c(Br)c1. The molecule has 1 aromatic rings. The first-order valence-corrected chi connectivity index (χ1v) is 7.77. The van der Waals surface area contributed by atoms with Crippen LogP contribution in [0.4, 0.5) is 5.69 Å². The largest absolute Gasteiger partial charge is 0.383 e. The molecule has 0 spiro atoms. The van der Waals surface area contributed by atoms with E-state index in [1.165, 1.54) is 54.5 Å². The molecule has 0 unspecified atom stereocenters. The number of anilines is 1.